The van der Waals surface area contributed by atoms with Crippen LogP contribution in [0.1, 0.15) is 11.1 Å². The molecule has 192 valence electrons. The van der Waals surface area contributed by atoms with E-state index in [0.29, 0.717) is 33.8 Å². The topological polar surface area (TPSA) is 65.1 Å². The SMILES string of the molecule is COc1ccc(/C=C2\SC(=O)N(CCOc3ccccc3Cl)C2=O)cc1OCc1cccc2ccccc12. The number of fused-ring (bicyclic) bond motifs is 1. The number of ether oxygens (including phenoxy) is 3. The molecule has 4 aromatic rings. The van der Waals surface area contributed by atoms with Gasteiger partial charge in [-0.1, -0.05) is 72.3 Å². The predicted molar refractivity (Wildman–Crippen MR) is 151 cm³/mol. The van der Waals surface area contributed by atoms with Crippen LogP contribution in [0.15, 0.2) is 89.8 Å². The molecule has 5 rings (SSSR count). The largest absolute Gasteiger partial charge is 0.493 e. The average molecular weight is 546 g/mol. The van der Waals surface area contributed by atoms with Crippen molar-refractivity contribution in [2.75, 3.05) is 20.3 Å². The quantitative estimate of drug-likeness (QED) is 0.207. The Morgan fingerprint density at radius 1 is 0.868 bits per heavy atom. The fourth-order valence-electron chi connectivity index (χ4n) is 4.12. The number of methoxy groups -OCH3 is 1. The molecule has 6 nitrogen and oxygen atoms in total. The highest BCUT2D eigenvalue weighted by molar-refractivity contribution is 8.18. The lowest BCUT2D eigenvalue weighted by Gasteiger charge is -2.14. The molecule has 8 heteroatoms. The minimum atomic E-state index is -0.364. The lowest BCUT2D eigenvalue weighted by molar-refractivity contribution is -0.123. The number of rotatable bonds is 9. The molecule has 4 aromatic carbocycles. The zero-order valence-electron chi connectivity index (χ0n) is 20.6. The van der Waals surface area contributed by atoms with Crippen LogP contribution in [0.2, 0.25) is 5.02 Å². The molecule has 0 radical (unpaired) electrons. The van der Waals surface area contributed by atoms with Gasteiger partial charge in [0, 0.05) is 0 Å². The molecule has 0 spiro atoms. The van der Waals surface area contributed by atoms with E-state index in [1.54, 1.807) is 49.6 Å². The van der Waals surface area contributed by atoms with Crippen molar-refractivity contribution >= 4 is 51.4 Å². The summed E-state index contributed by atoms with van der Waals surface area (Å²) < 4.78 is 17.3. The second-order valence-corrected chi connectivity index (χ2v) is 9.85. The maximum absolute atomic E-state index is 13.0. The highest BCUT2D eigenvalue weighted by Crippen LogP contribution is 2.35. The number of halogens is 1. The van der Waals surface area contributed by atoms with E-state index in [2.05, 4.69) is 18.2 Å². The average Bonchev–Trinajstić information content (AvgIpc) is 3.20. The summed E-state index contributed by atoms with van der Waals surface area (Å²) in [5.41, 5.74) is 1.77. The molecular weight excluding hydrogens is 522 g/mol. The molecule has 0 atom stereocenters. The number of carbonyl (C=O) groups is 2. The number of hydrogen-bond donors (Lipinski definition) is 0. The van der Waals surface area contributed by atoms with Gasteiger partial charge in [-0.2, -0.15) is 0 Å². The van der Waals surface area contributed by atoms with E-state index in [-0.39, 0.29) is 24.3 Å². The summed E-state index contributed by atoms with van der Waals surface area (Å²) in [4.78, 5) is 27.0. The zero-order valence-corrected chi connectivity index (χ0v) is 22.1. The van der Waals surface area contributed by atoms with E-state index in [9.17, 15) is 9.59 Å². The predicted octanol–water partition coefficient (Wildman–Crippen LogP) is 7.20. The lowest BCUT2D eigenvalue weighted by Crippen LogP contribution is -2.32. The Morgan fingerprint density at radius 2 is 1.66 bits per heavy atom. The molecule has 2 amide bonds. The normalized spacial score (nSPS) is 14.4. The summed E-state index contributed by atoms with van der Waals surface area (Å²) in [7, 11) is 1.58. The van der Waals surface area contributed by atoms with Crippen molar-refractivity contribution in [1.82, 2.24) is 4.90 Å². The van der Waals surface area contributed by atoms with Crippen LogP contribution in [0, 0.1) is 0 Å². The van der Waals surface area contributed by atoms with Gasteiger partial charge in [-0.25, -0.2) is 0 Å². The summed E-state index contributed by atoms with van der Waals surface area (Å²) in [5.74, 6) is 1.26. The molecule has 0 aromatic heterocycles. The molecule has 1 aliphatic heterocycles. The van der Waals surface area contributed by atoms with Gasteiger partial charge in [0.2, 0.25) is 0 Å². The van der Waals surface area contributed by atoms with Crippen molar-refractivity contribution in [3.05, 3.63) is 106 Å². The maximum Gasteiger partial charge on any atom is 0.293 e. The van der Waals surface area contributed by atoms with Crippen LogP contribution in [-0.2, 0) is 11.4 Å². The highest BCUT2D eigenvalue weighted by Gasteiger charge is 2.34. The van der Waals surface area contributed by atoms with Gasteiger partial charge in [0.05, 0.1) is 23.6 Å². The Labute approximate surface area is 229 Å². The number of imide groups is 1. The first-order valence-corrected chi connectivity index (χ1v) is 13.1. The van der Waals surface area contributed by atoms with Crippen LogP contribution >= 0.6 is 23.4 Å². The molecule has 0 unspecified atom stereocenters. The smallest absolute Gasteiger partial charge is 0.293 e. The van der Waals surface area contributed by atoms with Crippen LogP contribution in [-0.4, -0.2) is 36.3 Å². The van der Waals surface area contributed by atoms with E-state index >= 15 is 0 Å². The van der Waals surface area contributed by atoms with Gasteiger partial charge in [0.15, 0.2) is 11.5 Å². The number of nitrogens with zero attached hydrogens (tertiary/aromatic N) is 1. The van der Waals surface area contributed by atoms with Crippen LogP contribution < -0.4 is 14.2 Å². The van der Waals surface area contributed by atoms with E-state index in [0.717, 1.165) is 33.7 Å². The third-order valence-electron chi connectivity index (χ3n) is 6.03. The molecular formula is C30H24ClNO5S. The van der Waals surface area contributed by atoms with Crippen LogP contribution in [0.25, 0.3) is 16.8 Å². The fourth-order valence-corrected chi connectivity index (χ4v) is 5.18. The standard InChI is InChI=1S/C30H24ClNO5S/c1-35-26-14-13-20(17-27(26)37-19-22-9-6-8-21-7-2-3-10-23(21)22)18-28-29(33)32(30(34)38-28)15-16-36-25-12-5-4-11-24(25)31/h2-14,17-18H,15-16,19H2,1H3/b28-18-. The molecule has 0 bridgehead atoms. The molecule has 1 heterocycles. The van der Waals surface area contributed by atoms with Gasteiger partial charge in [-0.15, -0.1) is 0 Å². The monoisotopic (exact) mass is 545 g/mol. The summed E-state index contributed by atoms with van der Waals surface area (Å²) in [6, 6.07) is 26.7. The van der Waals surface area contributed by atoms with Crippen LogP contribution in [0.3, 0.4) is 0 Å². The van der Waals surface area contributed by atoms with Gasteiger partial charge in [0.1, 0.15) is 19.0 Å². The van der Waals surface area contributed by atoms with Crippen molar-refractivity contribution in [1.29, 1.82) is 0 Å². The number of thioether (sulfide) groups is 1. The third kappa shape index (κ3) is 5.64. The number of benzene rings is 4. The van der Waals surface area contributed by atoms with E-state index in [4.69, 9.17) is 25.8 Å². The zero-order chi connectivity index (χ0) is 26.5. The van der Waals surface area contributed by atoms with Crippen molar-refractivity contribution < 1.29 is 23.8 Å². The summed E-state index contributed by atoms with van der Waals surface area (Å²) in [6.45, 7) is 0.613. The van der Waals surface area contributed by atoms with Gasteiger partial charge >= 0.3 is 0 Å². The number of para-hydroxylation sites is 1. The molecule has 0 saturated carbocycles. The van der Waals surface area contributed by atoms with E-state index in [1.165, 1.54) is 4.90 Å². The lowest BCUT2D eigenvalue weighted by atomic mass is 10.1. The van der Waals surface area contributed by atoms with Crippen molar-refractivity contribution in [3.63, 3.8) is 0 Å². The second-order valence-electron chi connectivity index (χ2n) is 8.45. The molecule has 38 heavy (non-hydrogen) atoms. The van der Waals surface area contributed by atoms with Crippen molar-refractivity contribution in [2.24, 2.45) is 0 Å². The second kappa shape index (κ2) is 11.6. The van der Waals surface area contributed by atoms with E-state index < -0.39 is 0 Å². The van der Waals surface area contributed by atoms with Crippen LogP contribution in [0.5, 0.6) is 17.2 Å². The first-order valence-electron chi connectivity index (χ1n) is 11.9. The first kappa shape index (κ1) is 25.7. The molecule has 0 aliphatic carbocycles. The molecule has 1 saturated heterocycles. The minimum Gasteiger partial charge on any atom is -0.493 e. The Morgan fingerprint density at radius 3 is 2.50 bits per heavy atom. The number of carbonyl (C=O) groups excluding carboxylic acids is 2. The van der Waals surface area contributed by atoms with Gasteiger partial charge < -0.3 is 14.2 Å². The minimum absolute atomic E-state index is 0.120. The summed E-state index contributed by atoms with van der Waals surface area (Å²) in [6.07, 6.45) is 1.68. The first-order chi connectivity index (χ1) is 18.5. The van der Waals surface area contributed by atoms with Gasteiger partial charge in [0.25, 0.3) is 11.1 Å². The number of amides is 2. The Hall–Kier alpha value is -3.94. The molecule has 1 aliphatic rings. The Balaban J connectivity index is 1.28. The third-order valence-corrected chi connectivity index (χ3v) is 7.25. The molecule has 0 N–H and O–H groups in total. The number of hydrogen-bond acceptors (Lipinski definition) is 6. The summed E-state index contributed by atoms with van der Waals surface area (Å²) >= 11 is 7.00. The fraction of sp³-hybridized carbons (Fsp3) is 0.133. The van der Waals surface area contributed by atoms with Gasteiger partial charge in [-0.05, 0) is 64.0 Å². The Kier molecular flexibility index (Phi) is 7.86. The van der Waals surface area contributed by atoms with Crippen molar-refractivity contribution in [2.45, 2.75) is 6.61 Å². The molecule has 1 fully saturated rings. The van der Waals surface area contributed by atoms with Crippen LogP contribution in [0.4, 0.5) is 4.79 Å². The summed E-state index contributed by atoms with van der Waals surface area (Å²) in [5, 5.41) is 2.39. The van der Waals surface area contributed by atoms with E-state index in [1.807, 2.05) is 30.3 Å². The highest BCUT2D eigenvalue weighted by atomic mass is 35.5. The maximum atomic E-state index is 13.0. The Bertz CT molecular complexity index is 1530. The van der Waals surface area contributed by atoms with Gasteiger partial charge in [-0.3, -0.25) is 14.5 Å². The van der Waals surface area contributed by atoms with Crippen molar-refractivity contribution in [3.8, 4) is 17.2 Å².